The molecule has 0 aliphatic carbocycles. The van der Waals surface area contributed by atoms with Crippen molar-refractivity contribution in [2.45, 2.75) is 118 Å². The van der Waals surface area contributed by atoms with Crippen LogP contribution in [0, 0.1) is 5.92 Å². The SMILES string of the molecule is CC1=C(C(=O)C(C)C)CN(c2ccccc2)N1.CCCCCCCC/C=C\CCCCCCCC(=O)O. The van der Waals surface area contributed by atoms with Crippen LogP contribution < -0.4 is 10.4 Å². The number of hydrogen-bond donors (Lipinski definition) is 2. The number of anilines is 1. The molecule has 1 aromatic rings. The van der Waals surface area contributed by atoms with Crippen molar-refractivity contribution in [3.63, 3.8) is 0 Å². The van der Waals surface area contributed by atoms with E-state index >= 15 is 0 Å². The van der Waals surface area contributed by atoms with Crippen molar-refractivity contribution in [3.05, 3.63) is 53.8 Å². The van der Waals surface area contributed by atoms with Crippen LogP contribution in [0.1, 0.15) is 118 Å². The maximum absolute atomic E-state index is 12.0. The Morgan fingerprint density at radius 1 is 0.892 bits per heavy atom. The van der Waals surface area contributed by atoms with Gasteiger partial charge in [0.25, 0.3) is 0 Å². The number of nitrogens with one attached hydrogen (secondary N) is 1. The second-order valence-corrected chi connectivity index (χ2v) is 10.4. The molecule has 0 radical (unpaired) electrons. The lowest BCUT2D eigenvalue weighted by Crippen LogP contribution is -2.31. The fraction of sp³-hybridized carbons (Fsp3) is 0.625. The van der Waals surface area contributed by atoms with Gasteiger partial charge in [-0.3, -0.25) is 14.6 Å². The number of unbranched alkanes of at least 4 members (excludes halogenated alkanes) is 11. The Morgan fingerprint density at radius 2 is 1.43 bits per heavy atom. The maximum Gasteiger partial charge on any atom is 0.303 e. The van der Waals surface area contributed by atoms with Gasteiger partial charge in [-0.2, -0.15) is 0 Å². The average Bonchev–Trinajstić information content (AvgIpc) is 3.28. The molecule has 5 heteroatoms. The molecule has 0 amide bonds. The molecule has 1 heterocycles. The van der Waals surface area contributed by atoms with Gasteiger partial charge in [0.1, 0.15) is 0 Å². The van der Waals surface area contributed by atoms with Crippen molar-refractivity contribution in [2.24, 2.45) is 5.92 Å². The molecule has 1 aliphatic rings. The highest BCUT2D eigenvalue weighted by Crippen LogP contribution is 2.22. The van der Waals surface area contributed by atoms with Gasteiger partial charge in [0, 0.05) is 23.6 Å². The number of rotatable bonds is 18. The monoisotopic (exact) mass is 512 g/mol. The number of carbonyl (C=O) groups is 2. The van der Waals surface area contributed by atoms with Crippen LogP contribution in [0.5, 0.6) is 0 Å². The number of carboxylic acids is 1. The van der Waals surface area contributed by atoms with Gasteiger partial charge in [0.05, 0.1) is 12.2 Å². The number of allylic oxidation sites excluding steroid dienone is 3. The Kier molecular flexibility index (Phi) is 18.0. The van der Waals surface area contributed by atoms with Crippen LogP contribution in [0.4, 0.5) is 5.69 Å². The normalized spacial score (nSPS) is 13.2. The van der Waals surface area contributed by atoms with Crippen molar-refractivity contribution in [3.8, 4) is 0 Å². The standard InChI is InChI=1S/C18H34O2.C14H18N2O/c1-2-3-4-5-6-7-8-9-10-11-12-13-14-15-16-17-18(19)20;1-10(2)14(17)13-9-16(15-11(13)3)12-7-5-4-6-8-12/h9-10H,2-8,11-17H2,1H3,(H,19,20);4-8,10,15H,9H2,1-3H3/b10-9-;. The molecule has 2 rings (SSSR count). The van der Waals surface area contributed by atoms with E-state index in [0.29, 0.717) is 13.0 Å². The number of hydrazine groups is 1. The van der Waals surface area contributed by atoms with Crippen molar-refractivity contribution >= 4 is 17.4 Å². The fourth-order valence-electron chi connectivity index (χ4n) is 4.31. The highest BCUT2D eigenvalue weighted by Gasteiger charge is 2.25. The smallest absolute Gasteiger partial charge is 0.303 e. The van der Waals surface area contributed by atoms with Crippen LogP contribution in [-0.4, -0.2) is 23.4 Å². The quantitative estimate of drug-likeness (QED) is 0.152. The van der Waals surface area contributed by atoms with Crippen LogP contribution in [0.3, 0.4) is 0 Å². The molecule has 37 heavy (non-hydrogen) atoms. The summed E-state index contributed by atoms with van der Waals surface area (Å²) in [5.41, 5.74) is 6.19. The van der Waals surface area contributed by atoms with Gasteiger partial charge in [-0.15, -0.1) is 0 Å². The highest BCUT2D eigenvalue weighted by atomic mass is 16.4. The van der Waals surface area contributed by atoms with E-state index < -0.39 is 5.97 Å². The molecule has 0 fully saturated rings. The maximum atomic E-state index is 12.0. The zero-order valence-electron chi connectivity index (χ0n) is 23.9. The minimum Gasteiger partial charge on any atom is -0.481 e. The van der Waals surface area contributed by atoms with Crippen molar-refractivity contribution in [1.82, 2.24) is 5.43 Å². The van der Waals surface area contributed by atoms with Crippen LogP contribution >= 0.6 is 0 Å². The summed E-state index contributed by atoms with van der Waals surface area (Å²) in [4.78, 5) is 22.3. The summed E-state index contributed by atoms with van der Waals surface area (Å²) >= 11 is 0. The first kappa shape index (κ1) is 32.5. The third-order valence-corrected chi connectivity index (χ3v) is 6.61. The summed E-state index contributed by atoms with van der Waals surface area (Å²) in [5, 5.41) is 10.5. The number of carbonyl (C=O) groups excluding carboxylic acids is 1. The van der Waals surface area contributed by atoms with Gasteiger partial charge in [0.2, 0.25) is 0 Å². The number of aliphatic carboxylic acids is 1. The zero-order valence-corrected chi connectivity index (χ0v) is 23.9. The Bertz CT molecular complexity index is 815. The number of carboxylic acid groups (broad SMARTS) is 1. The Morgan fingerprint density at radius 3 is 1.97 bits per heavy atom. The fourth-order valence-corrected chi connectivity index (χ4v) is 4.31. The van der Waals surface area contributed by atoms with Gasteiger partial charge in [-0.25, -0.2) is 0 Å². The molecular weight excluding hydrogens is 460 g/mol. The molecular formula is C32H52N2O3. The first-order valence-corrected chi connectivity index (χ1v) is 14.6. The molecule has 1 aliphatic heterocycles. The van der Waals surface area contributed by atoms with Gasteiger partial charge in [0.15, 0.2) is 5.78 Å². The molecule has 0 saturated heterocycles. The molecule has 0 saturated carbocycles. The van der Waals surface area contributed by atoms with Gasteiger partial charge in [-0.1, -0.05) is 102 Å². The minimum atomic E-state index is -0.664. The van der Waals surface area contributed by atoms with Crippen LogP contribution in [0.2, 0.25) is 0 Å². The van der Waals surface area contributed by atoms with Crippen molar-refractivity contribution < 1.29 is 14.7 Å². The summed E-state index contributed by atoms with van der Waals surface area (Å²) in [6, 6.07) is 10.0. The largest absolute Gasteiger partial charge is 0.481 e. The third kappa shape index (κ3) is 15.3. The molecule has 0 unspecified atom stereocenters. The summed E-state index contributed by atoms with van der Waals surface area (Å²) in [5.74, 6) is -0.381. The van der Waals surface area contributed by atoms with E-state index in [9.17, 15) is 9.59 Å². The lowest BCUT2D eigenvalue weighted by atomic mass is 10.0. The minimum absolute atomic E-state index is 0.0532. The predicted octanol–water partition coefficient (Wildman–Crippen LogP) is 8.62. The topological polar surface area (TPSA) is 69.6 Å². The van der Waals surface area contributed by atoms with E-state index in [1.807, 2.05) is 56.1 Å². The second-order valence-electron chi connectivity index (χ2n) is 10.4. The van der Waals surface area contributed by atoms with Gasteiger partial charge < -0.3 is 10.5 Å². The van der Waals surface area contributed by atoms with E-state index in [4.69, 9.17) is 5.11 Å². The predicted molar refractivity (Wildman–Crippen MR) is 157 cm³/mol. The van der Waals surface area contributed by atoms with E-state index in [-0.39, 0.29) is 11.7 Å². The molecule has 0 spiro atoms. The summed E-state index contributed by atoms with van der Waals surface area (Å²) < 4.78 is 0. The van der Waals surface area contributed by atoms with Crippen LogP contribution in [0.25, 0.3) is 0 Å². The molecule has 0 bridgehead atoms. The first-order chi connectivity index (χ1) is 17.9. The van der Waals surface area contributed by atoms with E-state index in [1.54, 1.807) is 0 Å². The summed E-state index contributed by atoms with van der Waals surface area (Å²) in [6.45, 7) is 8.74. The van der Waals surface area contributed by atoms with Gasteiger partial charge in [-0.05, 0) is 51.2 Å². The molecule has 1 aromatic carbocycles. The van der Waals surface area contributed by atoms with Crippen molar-refractivity contribution in [2.75, 3.05) is 11.6 Å². The number of para-hydroxylation sites is 1. The lowest BCUT2D eigenvalue weighted by molar-refractivity contribution is -0.137. The van der Waals surface area contributed by atoms with Gasteiger partial charge >= 0.3 is 5.97 Å². The van der Waals surface area contributed by atoms with E-state index in [1.165, 1.54) is 70.6 Å². The average molecular weight is 513 g/mol. The Hall–Kier alpha value is -2.56. The molecule has 2 N–H and O–H groups in total. The molecule has 208 valence electrons. The van der Waals surface area contributed by atoms with E-state index in [0.717, 1.165) is 29.8 Å². The number of benzene rings is 1. The summed E-state index contributed by atoms with van der Waals surface area (Å²) in [6.07, 6.45) is 21.2. The lowest BCUT2D eigenvalue weighted by Gasteiger charge is -2.19. The number of Topliss-reactive ketones (excluding diaryl/α,β-unsaturated/α-hetero) is 1. The van der Waals surface area contributed by atoms with Crippen molar-refractivity contribution in [1.29, 1.82) is 0 Å². The third-order valence-electron chi connectivity index (χ3n) is 6.61. The Labute approximate surface area is 226 Å². The first-order valence-electron chi connectivity index (χ1n) is 14.6. The molecule has 0 aromatic heterocycles. The second kappa shape index (κ2) is 20.5. The highest BCUT2D eigenvalue weighted by molar-refractivity contribution is 5.98. The molecule has 0 atom stereocenters. The van der Waals surface area contributed by atoms with Crippen LogP contribution in [-0.2, 0) is 9.59 Å². The Balaban J connectivity index is 0.000000373. The zero-order chi connectivity index (χ0) is 27.3. The number of hydrogen-bond acceptors (Lipinski definition) is 4. The van der Waals surface area contributed by atoms with E-state index in [2.05, 4.69) is 24.5 Å². The van der Waals surface area contributed by atoms with Crippen LogP contribution in [0.15, 0.2) is 53.8 Å². The number of ketones is 1. The number of nitrogens with zero attached hydrogens (tertiary/aromatic N) is 1. The summed E-state index contributed by atoms with van der Waals surface area (Å²) in [7, 11) is 0. The molecule has 5 nitrogen and oxygen atoms in total.